The molecule has 18 heavy (non-hydrogen) atoms. The van der Waals surface area contributed by atoms with E-state index in [1.54, 1.807) is 19.2 Å². The van der Waals surface area contributed by atoms with Gasteiger partial charge in [-0.2, -0.15) is 0 Å². The van der Waals surface area contributed by atoms with Crippen LogP contribution in [0.4, 0.5) is 0 Å². The zero-order valence-electron chi connectivity index (χ0n) is 11.4. The minimum absolute atomic E-state index is 0.349. The SMILES string of the molecule is COc1ccc(O)c(CN2CCN(C)C(C)C2)c1. The molecule has 0 aliphatic carbocycles. The molecule has 0 spiro atoms. The van der Waals surface area contributed by atoms with Crippen LogP contribution in [0.2, 0.25) is 0 Å². The first-order valence-electron chi connectivity index (χ1n) is 6.38. The summed E-state index contributed by atoms with van der Waals surface area (Å²) in [7, 11) is 3.80. The number of nitrogens with zero attached hydrogens (tertiary/aromatic N) is 2. The standard InChI is InChI=1S/C14H22N2O2/c1-11-9-16(7-6-15(11)2)10-12-8-13(18-3)4-5-14(12)17/h4-5,8,11,17H,6-7,9-10H2,1-3H3. The summed E-state index contributed by atoms with van der Waals surface area (Å²) in [6, 6.07) is 5.96. The van der Waals surface area contributed by atoms with E-state index < -0.39 is 0 Å². The highest BCUT2D eigenvalue weighted by molar-refractivity contribution is 5.39. The molecule has 1 atom stereocenters. The van der Waals surface area contributed by atoms with Crippen molar-refractivity contribution in [3.8, 4) is 11.5 Å². The van der Waals surface area contributed by atoms with Crippen molar-refractivity contribution in [3.63, 3.8) is 0 Å². The van der Waals surface area contributed by atoms with Crippen molar-refractivity contribution in [3.05, 3.63) is 23.8 Å². The molecule has 1 aliphatic rings. The predicted molar refractivity (Wildman–Crippen MR) is 72.0 cm³/mol. The maximum absolute atomic E-state index is 9.89. The Bertz CT molecular complexity index is 409. The number of phenolic OH excluding ortho intramolecular Hbond substituents is 1. The van der Waals surface area contributed by atoms with Crippen LogP contribution in [0.15, 0.2) is 18.2 Å². The fourth-order valence-electron chi connectivity index (χ4n) is 2.32. The van der Waals surface area contributed by atoms with Gasteiger partial charge >= 0.3 is 0 Å². The topological polar surface area (TPSA) is 35.9 Å². The van der Waals surface area contributed by atoms with E-state index in [4.69, 9.17) is 4.74 Å². The van der Waals surface area contributed by atoms with Crippen molar-refractivity contribution in [2.75, 3.05) is 33.8 Å². The van der Waals surface area contributed by atoms with Crippen molar-refractivity contribution in [1.82, 2.24) is 9.80 Å². The monoisotopic (exact) mass is 250 g/mol. The highest BCUT2D eigenvalue weighted by Gasteiger charge is 2.21. The highest BCUT2D eigenvalue weighted by Crippen LogP contribution is 2.24. The third kappa shape index (κ3) is 2.94. The molecule has 0 saturated carbocycles. The molecule has 1 aromatic carbocycles. The van der Waals surface area contributed by atoms with Gasteiger partial charge in [0.2, 0.25) is 0 Å². The Morgan fingerprint density at radius 3 is 2.83 bits per heavy atom. The zero-order chi connectivity index (χ0) is 13.1. The number of aromatic hydroxyl groups is 1. The number of rotatable bonds is 3. The first-order valence-corrected chi connectivity index (χ1v) is 6.38. The molecular weight excluding hydrogens is 228 g/mol. The lowest BCUT2D eigenvalue weighted by Gasteiger charge is -2.37. The molecule has 1 heterocycles. The second-order valence-electron chi connectivity index (χ2n) is 5.06. The number of benzene rings is 1. The lowest BCUT2D eigenvalue weighted by atomic mass is 10.1. The third-order valence-corrected chi connectivity index (χ3v) is 3.72. The van der Waals surface area contributed by atoms with Gasteiger partial charge in [0.25, 0.3) is 0 Å². The molecule has 100 valence electrons. The number of methoxy groups -OCH3 is 1. The summed E-state index contributed by atoms with van der Waals surface area (Å²) in [6.07, 6.45) is 0. The van der Waals surface area contributed by atoms with Crippen LogP contribution in [0.25, 0.3) is 0 Å². The zero-order valence-corrected chi connectivity index (χ0v) is 11.4. The first-order chi connectivity index (χ1) is 8.60. The number of phenols is 1. The molecule has 2 rings (SSSR count). The summed E-state index contributed by atoms with van der Waals surface area (Å²) in [6.45, 7) is 6.16. The van der Waals surface area contributed by atoms with E-state index in [-0.39, 0.29) is 0 Å². The molecule has 0 radical (unpaired) electrons. The number of likely N-dealkylation sites (N-methyl/N-ethyl adjacent to an activating group) is 1. The second-order valence-corrected chi connectivity index (χ2v) is 5.06. The molecule has 0 amide bonds. The minimum atomic E-state index is 0.349. The Balaban J connectivity index is 2.05. The molecule has 1 saturated heterocycles. The molecule has 4 nitrogen and oxygen atoms in total. The van der Waals surface area contributed by atoms with E-state index in [9.17, 15) is 5.11 Å². The predicted octanol–water partition coefficient (Wildman–Crippen LogP) is 1.54. The van der Waals surface area contributed by atoms with Gasteiger partial charge in [0.15, 0.2) is 0 Å². The normalized spacial score (nSPS) is 22.1. The number of ether oxygens (including phenoxy) is 1. The van der Waals surface area contributed by atoms with Gasteiger partial charge in [-0.1, -0.05) is 0 Å². The molecule has 4 heteroatoms. The van der Waals surface area contributed by atoms with E-state index in [2.05, 4.69) is 23.8 Å². The van der Waals surface area contributed by atoms with Gasteiger partial charge in [0.05, 0.1) is 7.11 Å². The quantitative estimate of drug-likeness (QED) is 0.882. The van der Waals surface area contributed by atoms with E-state index in [0.717, 1.165) is 37.5 Å². The van der Waals surface area contributed by atoms with Crippen LogP contribution < -0.4 is 4.74 Å². The van der Waals surface area contributed by atoms with Crippen molar-refractivity contribution in [1.29, 1.82) is 0 Å². The van der Waals surface area contributed by atoms with Gasteiger partial charge in [0.1, 0.15) is 11.5 Å². The van der Waals surface area contributed by atoms with Crippen LogP contribution in [-0.2, 0) is 6.54 Å². The van der Waals surface area contributed by atoms with E-state index in [1.165, 1.54) is 0 Å². The summed E-state index contributed by atoms with van der Waals surface area (Å²) < 4.78 is 5.20. The average Bonchev–Trinajstić information content (AvgIpc) is 2.36. The lowest BCUT2D eigenvalue weighted by molar-refractivity contribution is 0.0993. The van der Waals surface area contributed by atoms with Crippen LogP contribution in [0.3, 0.4) is 0 Å². The van der Waals surface area contributed by atoms with Crippen molar-refractivity contribution in [2.45, 2.75) is 19.5 Å². The average molecular weight is 250 g/mol. The Morgan fingerprint density at radius 1 is 1.39 bits per heavy atom. The minimum Gasteiger partial charge on any atom is -0.508 e. The molecule has 1 aliphatic heterocycles. The number of hydrogen-bond acceptors (Lipinski definition) is 4. The Kier molecular flexibility index (Phi) is 4.09. The summed E-state index contributed by atoms with van der Waals surface area (Å²) in [4.78, 5) is 4.74. The highest BCUT2D eigenvalue weighted by atomic mass is 16.5. The van der Waals surface area contributed by atoms with E-state index in [1.807, 2.05) is 6.07 Å². The fraction of sp³-hybridized carbons (Fsp3) is 0.571. The molecule has 1 aromatic rings. The van der Waals surface area contributed by atoms with Gasteiger partial charge in [0, 0.05) is 37.8 Å². The Morgan fingerprint density at radius 2 is 2.17 bits per heavy atom. The summed E-state index contributed by atoms with van der Waals surface area (Å²) in [5.74, 6) is 1.15. The van der Waals surface area contributed by atoms with Gasteiger partial charge in [-0.15, -0.1) is 0 Å². The molecule has 1 unspecified atom stereocenters. The largest absolute Gasteiger partial charge is 0.508 e. The van der Waals surface area contributed by atoms with E-state index in [0.29, 0.717) is 11.8 Å². The summed E-state index contributed by atoms with van der Waals surface area (Å²) in [5.41, 5.74) is 0.936. The summed E-state index contributed by atoms with van der Waals surface area (Å²) >= 11 is 0. The van der Waals surface area contributed by atoms with Crippen LogP contribution in [0, 0.1) is 0 Å². The maximum Gasteiger partial charge on any atom is 0.120 e. The molecule has 0 bridgehead atoms. The smallest absolute Gasteiger partial charge is 0.120 e. The Hall–Kier alpha value is -1.26. The van der Waals surface area contributed by atoms with Gasteiger partial charge < -0.3 is 14.7 Å². The Labute approximate surface area is 109 Å². The molecule has 1 fully saturated rings. The third-order valence-electron chi connectivity index (χ3n) is 3.72. The van der Waals surface area contributed by atoms with Crippen molar-refractivity contribution in [2.24, 2.45) is 0 Å². The molecule has 1 N–H and O–H groups in total. The number of piperazine rings is 1. The first kappa shape index (κ1) is 13.2. The summed E-state index contributed by atoms with van der Waals surface area (Å²) in [5, 5.41) is 9.89. The second kappa shape index (κ2) is 5.59. The number of hydrogen-bond donors (Lipinski definition) is 1. The molecular formula is C14H22N2O2. The lowest BCUT2D eigenvalue weighted by Crippen LogP contribution is -2.49. The van der Waals surface area contributed by atoms with Crippen molar-refractivity contribution < 1.29 is 9.84 Å². The fourth-order valence-corrected chi connectivity index (χ4v) is 2.32. The van der Waals surface area contributed by atoms with Gasteiger partial charge in [-0.3, -0.25) is 4.90 Å². The van der Waals surface area contributed by atoms with Crippen LogP contribution in [0.5, 0.6) is 11.5 Å². The van der Waals surface area contributed by atoms with Gasteiger partial charge in [-0.25, -0.2) is 0 Å². The van der Waals surface area contributed by atoms with E-state index >= 15 is 0 Å². The van der Waals surface area contributed by atoms with Gasteiger partial charge in [-0.05, 0) is 32.2 Å². The molecule has 0 aromatic heterocycles. The van der Waals surface area contributed by atoms with Crippen molar-refractivity contribution >= 4 is 0 Å². The van der Waals surface area contributed by atoms with Crippen LogP contribution >= 0.6 is 0 Å². The van der Waals surface area contributed by atoms with Crippen LogP contribution in [0.1, 0.15) is 12.5 Å². The maximum atomic E-state index is 9.89. The van der Waals surface area contributed by atoms with Crippen LogP contribution in [-0.4, -0.2) is 54.7 Å².